The van der Waals surface area contributed by atoms with Crippen LogP contribution in [0.15, 0.2) is 59.2 Å². The highest BCUT2D eigenvalue weighted by atomic mass is 32.2. The average molecular weight is 338 g/mol. The van der Waals surface area contributed by atoms with E-state index in [1.54, 1.807) is 6.26 Å². The molecule has 1 fully saturated rings. The van der Waals surface area contributed by atoms with Gasteiger partial charge in [0.25, 0.3) is 5.91 Å². The second kappa shape index (κ2) is 6.69. The van der Waals surface area contributed by atoms with E-state index in [0.717, 1.165) is 41.9 Å². The van der Waals surface area contributed by atoms with E-state index in [-0.39, 0.29) is 5.91 Å². The summed E-state index contributed by atoms with van der Waals surface area (Å²) in [6, 6.07) is 15.6. The number of amides is 1. The van der Waals surface area contributed by atoms with Crippen molar-refractivity contribution in [3.8, 4) is 0 Å². The molecule has 1 aromatic carbocycles. The smallest absolute Gasteiger partial charge is 0.272 e. The molecule has 0 saturated carbocycles. The first-order valence-corrected chi connectivity index (χ1v) is 9.16. The summed E-state index contributed by atoms with van der Waals surface area (Å²) in [5.41, 5.74) is 1.39. The predicted octanol–water partition coefficient (Wildman–Crippen LogP) is 4.15. The third kappa shape index (κ3) is 3.04. The van der Waals surface area contributed by atoms with Gasteiger partial charge in [-0.2, -0.15) is 0 Å². The molecule has 0 aliphatic carbocycles. The predicted molar refractivity (Wildman–Crippen MR) is 96.2 cm³/mol. The van der Waals surface area contributed by atoms with Crippen molar-refractivity contribution in [2.45, 2.75) is 11.7 Å². The number of furan rings is 1. The first kappa shape index (κ1) is 15.3. The van der Waals surface area contributed by atoms with Crippen LogP contribution in [0.1, 0.15) is 27.9 Å². The van der Waals surface area contributed by atoms with E-state index >= 15 is 0 Å². The average Bonchev–Trinajstić information content (AvgIpc) is 3.05. The highest BCUT2D eigenvalue weighted by Crippen LogP contribution is 2.34. The normalized spacial score (nSPS) is 18.5. The number of hydrogen-bond donors (Lipinski definition) is 0. The van der Waals surface area contributed by atoms with Crippen molar-refractivity contribution < 1.29 is 9.21 Å². The van der Waals surface area contributed by atoms with E-state index < -0.39 is 0 Å². The largest absolute Gasteiger partial charge is 0.468 e. The van der Waals surface area contributed by atoms with Crippen LogP contribution in [0.5, 0.6) is 0 Å². The van der Waals surface area contributed by atoms with Crippen molar-refractivity contribution in [1.82, 2.24) is 9.88 Å². The van der Waals surface area contributed by atoms with Gasteiger partial charge in [-0.25, -0.2) is 4.98 Å². The fourth-order valence-corrected chi connectivity index (χ4v) is 4.20. The molecule has 24 heavy (non-hydrogen) atoms. The quantitative estimate of drug-likeness (QED) is 0.704. The molecule has 0 N–H and O–H groups in total. The van der Waals surface area contributed by atoms with Crippen LogP contribution in [0.25, 0.3) is 10.9 Å². The Kier molecular flexibility index (Phi) is 4.26. The zero-order valence-electron chi connectivity index (χ0n) is 13.2. The molecule has 1 aliphatic rings. The van der Waals surface area contributed by atoms with Gasteiger partial charge in [0, 0.05) is 24.2 Å². The molecule has 122 valence electrons. The minimum atomic E-state index is 0.0152. The van der Waals surface area contributed by atoms with E-state index in [2.05, 4.69) is 4.98 Å². The van der Waals surface area contributed by atoms with Crippen LogP contribution in [-0.2, 0) is 0 Å². The maximum absolute atomic E-state index is 12.8. The molecule has 1 atom stereocenters. The second-order valence-electron chi connectivity index (χ2n) is 5.84. The first-order chi connectivity index (χ1) is 11.8. The summed E-state index contributed by atoms with van der Waals surface area (Å²) in [4.78, 5) is 19.3. The SMILES string of the molecule is O=C(c1ccc2ccccc2n1)N1CCSC(c2ccco2)CC1. The highest BCUT2D eigenvalue weighted by molar-refractivity contribution is 7.99. The summed E-state index contributed by atoms with van der Waals surface area (Å²) in [6.07, 6.45) is 2.61. The molecule has 0 radical (unpaired) electrons. The molecule has 5 heteroatoms. The zero-order valence-corrected chi connectivity index (χ0v) is 14.0. The van der Waals surface area contributed by atoms with Gasteiger partial charge in [-0.3, -0.25) is 4.79 Å². The Morgan fingerprint density at radius 3 is 2.92 bits per heavy atom. The Labute approximate surface area is 144 Å². The van der Waals surface area contributed by atoms with Crippen LogP contribution in [0.3, 0.4) is 0 Å². The number of thioether (sulfide) groups is 1. The molecule has 1 amide bonds. The minimum Gasteiger partial charge on any atom is -0.468 e. The van der Waals surface area contributed by atoms with Crippen LogP contribution in [0, 0.1) is 0 Å². The Morgan fingerprint density at radius 2 is 2.04 bits per heavy atom. The molecule has 1 unspecified atom stereocenters. The van der Waals surface area contributed by atoms with Gasteiger partial charge in [-0.1, -0.05) is 24.3 Å². The lowest BCUT2D eigenvalue weighted by Gasteiger charge is -2.19. The number of hydrogen-bond acceptors (Lipinski definition) is 4. The molecule has 4 nitrogen and oxygen atoms in total. The van der Waals surface area contributed by atoms with Crippen LogP contribution < -0.4 is 0 Å². The van der Waals surface area contributed by atoms with Crippen LogP contribution in [0.2, 0.25) is 0 Å². The number of aromatic nitrogens is 1. The van der Waals surface area contributed by atoms with Crippen molar-refractivity contribution >= 4 is 28.6 Å². The molecule has 1 saturated heterocycles. The Hall–Kier alpha value is -2.27. The van der Waals surface area contributed by atoms with Crippen LogP contribution >= 0.6 is 11.8 Å². The second-order valence-corrected chi connectivity index (χ2v) is 7.16. The monoisotopic (exact) mass is 338 g/mol. The minimum absolute atomic E-state index is 0.0152. The maximum atomic E-state index is 12.8. The fraction of sp³-hybridized carbons (Fsp3) is 0.263. The number of rotatable bonds is 2. The van der Waals surface area contributed by atoms with Gasteiger partial charge in [0.15, 0.2) is 0 Å². The van der Waals surface area contributed by atoms with E-state index in [1.165, 1.54) is 0 Å². The lowest BCUT2D eigenvalue weighted by Crippen LogP contribution is -2.33. The summed E-state index contributed by atoms with van der Waals surface area (Å²) in [6.45, 7) is 1.47. The van der Waals surface area contributed by atoms with Crippen LogP contribution in [-0.4, -0.2) is 34.6 Å². The zero-order chi connectivity index (χ0) is 16.4. The number of fused-ring (bicyclic) bond motifs is 1. The number of pyridine rings is 1. The van der Waals surface area contributed by atoms with Gasteiger partial charge in [0.05, 0.1) is 17.0 Å². The first-order valence-electron chi connectivity index (χ1n) is 8.11. The fourth-order valence-electron chi connectivity index (χ4n) is 3.02. The number of para-hydroxylation sites is 1. The summed E-state index contributed by atoms with van der Waals surface area (Å²) in [5.74, 6) is 1.92. The summed E-state index contributed by atoms with van der Waals surface area (Å²) < 4.78 is 5.52. The molecule has 2 aromatic heterocycles. The van der Waals surface area contributed by atoms with E-state index in [9.17, 15) is 4.79 Å². The van der Waals surface area contributed by atoms with Gasteiger partial charge in [0.2, 0.25) is 0 Å². The number of nitrogens with zero attached hydrogens (tertiary/aromatic N) is 2. The van der Waals surface area contributed by atoms with Gasteiger partial charge in [-0.15, -0.1) is 11.8 Å². The molecule has 0 spiro atoms. The molecular weight excluding hydrogens is 320 g/mol. The lowest BCUT2D eigenvalue weighted by molar-refractivity contribution is 0.0760. The topological polar surface area (TPSA) is 46.3 Å². The summed E-state index contributed by atoms with van der Waals surface area (Å²) >= 11 is 1.85. The Bertz CT molecular complexity index is 847. The van der Waals surface area contributed by atoms with E-state index in [1.807, 2.05) is 65.2 Å². The Morgan fingerprint density at radius 1 is 1.12 bits per heavy atom. The molecule has 1 aliphatic heterocycles. The molecule has 3 aromatic rings. The van der Waals surface area contributed by atoms with Gasteiger partial charge >= 0.3 is 0 Å². The van der Waals surface area contributed by atoms with Crippen LogP contribution in [0.4, 0.5) is 0 Å². The van der Waals surface area contributed by atoms with Crippen molar-refractivity contribution in [2.24, 2.45) is 0 Å². The Balaban J connectivity index is 1.51. The van der Waals surface area contributed by atoms with E-state index in [4.69, 9.17) is 4.42 Å². The number of benzene rings is 1. The summed E-state index contributed by atoms with van der Waals surface area (Å²) in [7, 11) is 0. The molecule has 4 rings (SSSR count). The third-order valence-corrected chi connectivity index (χ3v) is 5.60. The van der Waals surface area contributed by atoms with Gasteiger partial charge < -0.3 is 9.32 Å². The maximum Gasteiger partial charge on any atom is 0.272 e. The van der Waals surface area contributed by atoms with E-state index in [0.29, 0.717) is 10.9 Å². The summed E-state index contributed by atoms with van der Waals surface area (Å²) in [5, 5.41) is 1.38. The molecule has 0 bridgehead atoms. The van der Waals surface area contributed by atoms with Gasteiger partial charge in [0.1, 0.15) is 11.5 Å². The third-order valence-electron chi connectivity index (χ3n) is 4.31. The van der Waals surface area contributed by atoms with Crippen molar-refractivity contribution in [3.63, 3.8) is 0 Å². The lowest BCUT2D eigenvalue weighted by atomic mass is 10.2. The van der Waals surface area contributed by atoms with Crippen molar-refractivity contribution in [3.05, 3.63) is 66.2 Å². The highest BCUT2D eigenvalue weighted by Gasteiger charge is 2.24. The standard InChI is InChI=1S/C19H18N2O2S/c22-19(16-8-7-14-4-1-2-5-15(14)20-16)21-10-9-18(24-13-11-21)17-6-3-12-23-17/h1-8,12,18H,9-11,13H2. The van der Waals surface area contributed by atoms with Crippen molar-refractivity contribution in [2.75, 3.05) is 18.8 Å². The number of carbonyl (C=O) groups excluding carboxylic acids is 1. The van der Waals surface area contributed by atoms with Gasteiger partial charge in [-0.05, 0) is 30.7 Å². The number of carbonyl (C=O) groups is 1. The molecular formula is C19H18N2O2S. The molecule has 3 heterocycles. The van der Waals surface area contributed by atoms with Crippen molar-refractivity contribution in [1.29, 1.82) is 0 Å².